The minimum Gasteiger partial charge on any atom is -0.439 e. The van der Waals surface area contributed by atoms with E-state index in [4.69, 9.17) is 10.5 Å². The molecule has 0 aliphatic rings. The lowest BCUT2D eigenvalue weighted by Crippen LogP contribution is -2.13. The lowest BCUT2D eigenvalue weighted by Gasteiger charge is -2.08. The molecule has 0 atom stereocenters. The van der Waals surface area contributed by atoms with Crippen LogP contribution in [0, 0.1) is 0 Å². The molecule has 0 unspecified atom stereocenters. The van der Waals surface area contributed by atoms with E-state index in [0.29, 0.717) is 34.3 Å². The summed E-state index contributed by atoms with van der Waals surface area (Å²) in [6.07, 6.45) is 4.41. The predicted molar refractivity (Wildman–Crippen MR) is 115 cm³/mol. The Labute approximate surface area is 177 Å². The number of primary amides is 1. The van der Waals surface area contributed by atoms with Crippen molar-refractivity contribution < 1.29 is 14.3 Å². The zero-order chi connectivity index (χ0) is 21.6. The molecule has 0 aliphatic carbocycles. The molecular weight excluding hydrogens is 394 g/mol. The lowest BCUT2D eigenvalue weighted by atomic mass is 10.2. The molecule has 152 valence electrons. The van der Waals surface area contributed by atoms with E-state index in [9.17, 15) is 9.59 Å². The largest absolute Gasteiger partial charge is 0.439 e. The smallest absolute Gasteiger partial charge is 0.258 e. The molecule has 0 bridgehead atoms. The molecule has 2 amide bonds. The molecule has 8 heteroatoms. The van der Waals surface area contributed by atoms with Gasteiger partial charge in [0.05, 0.1) is 17.4 Å². The van der Waals surface area contributed by atoms with Crippen LogP contribution in [0.1, 0.15) is 20.7 Å². The molecule has 2 aromatic carbocycles. The number of amides is 2. The Kier molecular flexibility index (Phi) is 5.62. The van der Waals surface area contributed by atoms with Crippen molar-refractivity contribution >= 4 is 17.5 Å². The van der Waals surface area contributed by atoms with Gasteiger partial charge in [-0.25, -0.2) is 15.0 Å². The molecule has 0 radical (unpaired) electrons. The number of benzene rings is 2. The maximum Gasteiger partial charge on any atom is 0.258 e. The van der Waals surface area contributed by atoms with Gasteiger partial charge in [0.1, 0.15) is 5.75 Å². The van der Waals surface area contributed by atoms with Crippen LogP contribution in [-0.2, 0) is 0 Å². The van der Waals surface area contributed by atoms with Crippen LogP contribution >= 0.6 is 0 Å². The maximum absolute atomic E-state index is 12.4. The Morgan fingerprint density at radius 3 is 2.26 bits per heavy atom. The second-order valence-corrected chi connectivity index (χ2v) is 6.49. The summed E-state index contributed by atoms with van der Waals surface area (Å²) >= 11 is 0. The second-order valence-electron chi connectivity index (χ2n) is 6.49. The Hall–Kier alpha value is -4.59. The summed E-state index contributed by atoms with van der Waals surface area (Å²) in [6.45, 7) is 0. The number of nitrogens with zero attached hydrogens (tertiary/aromatic N) is 3. The van der Waals surface area contributed by atoms with E-state index >= 15 is 0 Å². The number of anilines is 1. The Morgan fingerprint density at radius 1 is 0.806 bits per heavy atom. The molecule has 2 heterocycles. The monoisotopic (exact) mass is 411 g/mol. The number of hydrogen-bond donors (Lipinski definition) is 2. The van der Waals surface area contributed by atoms with Gasteiger partial charge in [-0.1, -0.05) is 36.4 Å². The summed E-state index contributed by atoms with van der Waals surface area (Å²) in [4.78, 5) is 36.4. The molecule has 0 saturated heterocycles. The number of rotatable bonds is 6. The van der Waals surface area contributed by atoms with E-state index in [0.717, 1.165) is 5.56 Å². The van der Waals surface area contributed by atoms with Crippen molar-refractivity contribution in [3.05, 3.63) is 96.4 Å². The van der Waals surface area contributed by atoms with Gasteiger partial charge in [0.2, 0.25) is 11.8 Å². The first-order valence-electron chi connectivity index (χ1n) is 9.31. The van der Waals surface area contributed by atoms with E-state index in [2.05, 4.69) is 20.3 Å². The van der Waals surface area contributed by atoms with Crippen LogP contribution in [0.4, 0.5) is 5.69 Å². The first-order chi connectivity index (χ1) is 15.1. The second kappa shape index (κ2) is 8.83. The Balaban J connectivity index is 1.40. The fourth-order valence-electron chi connectivity index (χ4n) is 2.73. The SMILES string of the molecule is NC(=O)c1cccc(Oc2ccc(NC(=O)c3cnc(-c4ccccc4)nc3)cn2)c1. The summed E-state index contributed by atoms with van der Waals surface area (Å²) < 4.78 is 5.62. The van der Waals surface area contributed by atoms with Gasteiger partial charge in [0, 0.05) is 29.6 Å². The summed E-state index contributed by atoms with van der Waals surface area (Å²) in [7, 11) is 0. The van der Waals surface area contributed by atoms with Crippen LogP contribution in [0.15, 0.2) is 85.3 Å². The number of carbonyl (C=O) groups excluding carboxylic acids is 2. The standard InChI is InChI=1S/C23H17N5O3/c24-21(29)16-7-4-8-19(11-16)31-20-10-9-18(14-25-20)28-23(30)17-12-26-22(27-13-17)15-5-2-1-3-6-15/h1-14H,(H2,24,29)(H,28,30). The molecular formula is C23H17N5O3. The van der Waals surface area contributed by atoms with E-state index < -0.39 is 5.91 Å². The molecule has 0 fully saturated rings. The Morgan fingerprint density at radius 2 is 1.58 bits per heavy atom. The minimum atomic E-state index is -0.544. The lowest BCUT2D eigenvalue weighted by molar-refractivity contribution is 0.0997. The average molecular weight is 411 g/mol. The van der Waals surface area contributed by atoms with Gasteiger partial charge in [-0.15, -0.1) is 0 Å². The zero-order valence-corrected chi connectivity index (χ0v) is 16.2. The predicted octanol–water partition coefficient (Wildman–Crippen LogP) is 3.68. The van der Waals surface area contributed by atoms with Gasteiger partial charge < -0.3 is 15.8 Å². The summed E-state index contributed by atoms with van der Waals surface area (Å²) in [5.41, 5.74) is 7.28. The van der Waals surface area contributed by atoms with Crippen LogP contribution < -0.4 is 15.8 Å². The third-order valence-electron chi connectivity index (χ3n) is 4.28. The highest BCUT2D eigenvalue weighted by Crippen LogP contribution is 2.22. The highest BCUT2D eigenvalue weighted by molar-refractivity contribution is 6.03. The van der Waals surface area contributed by atoms with Crippen molar-refractivity contribution in [2.45, 2.75) is 0 Å². The number of pyridine rings is 1. The molecule has 8 nitrogen and oxygen atoms in total. The number of aromatic nitrogens is 3. The highest BCUT2D eigenvalue weighted by Gasteiger charge is 2.10. The topological polar surface area (TPSA) is 120 Å². The van der Waals surface area contributed by atoms with E-state index in [1.54, 1.807) is 30.3 Å². The number of hydrogen-bond acceptors (Lipinski definition) is 6. The fourth-order valence-corrected chi connectivity index (χ4v) is 2.73. The van der Waals surface area contributed by atoms with Crippen molar-refractivity contribution in [3.8, 4) is 23.0 Å². The maximum atomic E-state index is 12.4. The number of carbonyl (C=O) groups is 2. The highest BCUT2D eigenvalue weighted by atomic mass is 16.5. The molecule has 0 spiro atoms. The number of nitrogens with two attached hydrogens (primary N) is 1. The van der Waals surface area contributed by atoms with Gasteiger partial charge >= 0.3 is 0 Å². The molecule has 0 saturated carbocycles. The molecule has 31 heavy (non-hydrogen) atoms. The van der Waals surface area contributed by atoms with Crippen molar-refractivity contribution in [2.24, 2.45) is 5.73 Å². The third-order valence-corrected chi connectivity index (χ3v) is 4.28. The van der Waals surface area contributed by atoms with Crippen LogP contribution in [0.5, 0.6) is 11.6 Å². The van der Waals surface area contributed by atoms with Gasteiger partial charge in [-0.05, 0) is 24.3 Å². The quantitative estimate of drug-likeness (QED) is 0.499. The van der Waals surface area contributed by atoms with Gasteiger partial charge in [-0.3, -0.25) is 9.59 Å². The van der Waals surface area contributed by atoms with Crippen LogP contribution in [0.2, 0.25) is 0 Å². The summed E-state index contributed by atoms with van der Waals surface area (Å²) in [5, 5.41) is 2.73. The van der Waals surface area contributed by atoms with Crippen LogP contribution in [0.25, 0.3) is 11.4 Å². The number of ether oxygens (including phenoxy) is 1. The zero-order valence-electron chi connectivity index (χ0n) is 16.2. The van der Waals surface area contributed by atoms with Crippen molar-refractivity contribution in [3.63, 3.8) is 0 Å². The van der Waals surface area contributed by atoms with Crippen molar-refractivity contribution in [1.82, 2.24) is 15.0 Å². The van der Waals surface area contributed by atoms with E-state index in [1.165, 1.54) is 24.7 Å². The molecule has 4 rings (SSSR count). The van der Waals surface area contributed by atoms with Gasteiger partial charge in [-0.2, -0.15) is 0 Å². The van der Waals surface area contributed by atoms with Gasteiger partial charge in [0.15, 0.2) is 5.82 Å². The van der Waals surface area contributed by atoms with Crippen molar-refractivity contribution in [1.29, 1.82) is 0 Å². The van der Waals surface area contributed by atoms with E-state index in [-0.39, 0.29) is 5.91 Å². The number of nitrogens with one attached hydrogen (secondary N) is 1. The molecule has 2 aromatic heterocycles. The third kappa shape index (κ3) is 4.88. The first kappa shape index (κ1) is 19.7. The average Bonchev–Trinajstić information content (AvgIpc) is 2.81. The summed E-state index contributed by atoms with van der Waals surface area (Å²) in [5.74, 6) is 0.369. The molecule has 0 aliphatic heterocycles. The fraction of sp³-hybridized carbons (Fsp3) is 0. The molecule has 4 aromatic rings. The first-order valence-corrected chi connectivity index (χ1v) is 9.31. The van der Waals surface area contributed by atoms with Crippen LogP contribution in [-0.4, -0.2) is 26.8 Å². The summed E-state index contributed by atoms with van der Waals surface area (Å²) in [6, 6.07) is 19.2. The normalized spacial score (nSPS) is 10.3. The van der Waals surface area contributed by atoms with E-state index in [1.807, 2.05) is 30.3 Å². The minimum absolute atomic E-state index is 0.301. The van der Waals surface area contributed by atoms with Crippen molar-refractivity contribution in [2.75, 3.05) is 5.32 Å². The molecule has 3 N–H and O–H groups in total. The van der Waals surface area contributed by atoms with Crippen LogP contribution in [0.3, 0.4) is 0 Å². The van der Waals surface area contributed by atoms with Gasteiger partial charge in [0.25, 0.3) is 5.91 Å². The Bertz CT molecular complexity index is 1210.